The minimum absolute atomic E-state index is 0. The molecule has 1 heterocycles. The minimum Gasteiger partial charge on any atom is -0.480 e. The van der Waals surface area contributed by atoms with Crippen molar-refractivity contribution in [1.29, 1.82) is 0 Å². The first-order valence-electron chi connectivity index (χ1n) is 5.75. The van der Waals surface area contributed by atoms with Gasteiger partial charge in [0.15, 0.2) is 0 Å². The van der Waals surface area contributed by atoms with Crippen LogP contribution in [0.1, 0.15) is 26.7 Å². The summed E-state index contributed by atoms with van der Waals surface area (Å²) in [6.07, 6.45) is 1.84. The van der Waals surface area contributed by atoms with Crippen LogP contribution in [-0.2, 0) is 9.53 Å². The average Bonchev–Trinajstić information content (AvgIpc) is 2.26. The maximum absolute atomic E-state index is 11.3. The van der Waals surface area contributed by atoms with Crippen LogP contribution in [0.3, 0.4) is 0 Å². The zero-order valence-electron chi connectivity index (χ0n) is 10.0. The van der Waals surface area contributed by atoms with Gasteiger partial charge in [-0.15, -0.1) is 12.4 Å². The van der Waals surface area contributed by atoms with Crippen LogP contribution in [0.25, 0.3) is 0 Å². The van der Waals surface area contributed by atoms with Crippen molar-refractivity contribution in [3.05, 3.63) is 0 Å². The number of hydrogen-bond acceptors (Lipinski definition) is 3. The Morgan fingerprint density at radius 3 is 2.19 bits per heavy atom. The van der Waals surface area contributed by atoms with Gasteiger partial charge in [-0.05, 0) is 5.92 Å². The molecule has 1 aliphatic heterocycles. The topological polar surface area (TPSA) is 49.8 Å². The molecule has 5 heteroatoms. The summed E-state index contributed by atoms with van der Waals surface area (Å²) in [7, 11) is 0. The molecule has 0 bridgehead atoms. The Bertz CT molecular complexity index is 203. The third-order valence-electron chi connectivity index (χ3n) is 3.19. The highest BCUT2D eigenvalue weighted by atomic mass is 35.5. The van der Waals surface area contributed by atoms with Crippen molar-refractivity contribution in [3.63, 3.8) is 0 Å². The van der Waals surface area contributed by atoms with Gasteiger partial charge in [0.25, 0.3) is 0 Å². The summed E-state index contributed by atoms with van der Waals surface area (Å²) in [5, 5.41) is 9.28. The molecule has 1 fully saturated rings. The molecule has 0 aliphatic carbocycles. The molecule has 1 aliphatic rings. The van der Waals surface area contributed by atoms with Crippen LogP contribution >= 0.6 is 12.4 Å². The Morgan fingerprint density at radius 1 is 1.31 bits per heavy atom. The first-order valence-corrected chi connectivity index (χ1v) is 5.75. The molecule has 1 rings (SSSR count). The third kappa shape index (κ3) is 3.92. The van der Waals surface area contributed by atoms with E-state index < -0.39 is 5.97 Å². The smallest absolute Gasteiger partial charge is 0.321 e. The van der Waals surface area contributed by atoms with Crippen molar-refractivity contribution < 1.29 is 14.6 Å². The van der Waals surface area contributed by atoms with E-state index in [4.69, 9.17) is 4.74 Å². The number of aliphatic carboxylic acids is 1. The Balaban J connectivity index is 0.00000225. The maximum Gasteiger partial charge on any atom is 0.321 e. The molecule has 96 valence electrons. The third-order valence-corrected chi connectivity index (χ3v) is 3.19. The first-order chi connectivity index (χ1) is 7.20. The lowest BCUT2D eigenvalue weighted by Gasteiger charge is -2.35. The summed E-state index contributed by atoms with van der Waals surface area (Å²) >= 11 is 0. The number of hydrogen-bond donors (Lipinski definition) is 1. The van der Waals surface area contributed by atoms with E-state index >= 15 is 0 Å². The lowest BCUT2D eigenvalue weighted by molar-refractivity contribution is -0.147. The molecule has 16 heavy (non-hydrogen) atoms. The number of ether oxygens (including phenoxy) is 1. The van der Waals surface area contributed by atoms with E-state index in [9.17, 15) is 9.90 Å². The molecule has 0 amide bonds. The molecule has 0 spiro atoms. The number of rotatable bonds is 5. The van der Waals surface area contributed by atoms with Crippen molar-refractivity contribution in [3.8, 4) is 0 Å². The predicted octanol–water partition coefficient (Wildman–Crippen LogP) is 1.63. The van der Waals surface area contributed by atoms with E-state index in [0.29, 0.717) is 13.2 Å². The van der Waals surface area contributed by atoms with Crippen LogP contribution in [0.2, 0.25) is 0 Å². The predicted molar refractivity (Wildman–Crippen MR) is 65.1 cm³/mol. The van der Waals surface area contributed by atoms with Crippen molar-refractivity contribution in [1.82, 2.24) is 4.90 Å². The van der Waals surface area contributed by atoms with Gasteiger partial charge in [-0.3, -0.25) is 9.69 Å². The Morgan fingerprint density at radius 2 is 1.81 bits per heavy atom. The Labute approximate surface area is 103 Å². The minimum atomic E-state index is -0.689. The normalized spacial score (nSPS) is 19.2. The summed E-state index contributed by atoms with van der Waals surface area (Å²) < 4.78 is 5.24. The quantitative estimate of drug-likeness (QED) is 0.807. The number of morpholine rings is 1. The largest absolute Gasteiger partial charge is 0.480 e. The summed E-state index contributed by atoms with van der Waals surface area (Å²) in [4.78, 5) is 13.3. The second-order valence-electron chi connectivity index (χ2n) is 4.01. The van der Waals surface area contributed by atoms with Gasteiger partial charge in [0, 0.05) is 13.1 Å². The van der Waals surface area contributed by atoms with E-state index in [-0.39, 0.29) is 24.4 Å². The molecule has 4 nitrogen and oxygen atoms in total. The highest BCUT2D eigenvalue weighted by Gasteiger charge is 2.32. The number of carbonyl (C=O) groups is 1. The maximum atomic E-state index is 11.3. The van der Waals surface area contributed by atoms with Gasteiger partial charge in [0.05, 0.1) is 13.2 Å². The standard InChI is InChI=1S/C11H21NO3.ClH/c1-3-9(4-2)10(11(13)14)12-5-7-15-8-6-12;/h9-10H,3-8H2,1-2H3,(H,13,14);1H. The monoisotopic (exact) mass is 251 g/mol. The van der Waals surface area contributed by atoms with E-state index in [1.807, 2.05) is 4.90 Å². The molecule has 1 unspecified atom stereocenters. The lowest BCUT2D eigenvalue weighted by Crippen LogP contribution is -2.50. The van der Waals surface area contributed by atoms with Gasteiger partial charge in [0.2, 0.25) is 0 Å². The molecular weight excluding hydrogens is 230 g/mol. The van der Waals surface area contributed by atoms with Gasteiger partial charge in [0.1, 0.15) is 6.04 Å². The van der Waals surface area contributed by atoms with Gasteiger partial charge < -0.3 is 9.84 Å². The summed E-state index contributed by atoms with van der Waals surface area (Å²) in [5.41, 5.74) is 0. The Hall–Kier alpha value is -0.320. The zero-order valence-corrected chi connectivity index (χ0v) is 10.8. The van der Waals surface area contributed by atoms with Crippen molar-refractivity contribution in [2.75, 3.05) is 26.3 Å². The highest BCUT2D eigenvalue weighted by molar-refractivity contribution is 5.85. The molecule has 0 aromatic rings. The fourth-order valence-electron chi connectivity index (χ4n) is 2.25. The highest BCUT2D eigenvalue weighted by Crippen LogP contribution is 2.20. The van der Waals surface area contributed by atoms with E-state index in [0.717, 1.165) is 25.9 Å². The van der Waals surface area contributed by atoms with Crippen LogP contribution in [-0.4, -0.2) is 48.3 Å². The second kappa shape index (κ2) is 7.87. The first kappa shape index (κ1) is 15.7. The lowest BCUT2D eigenvalue weighted by atomic mass is 9.92. The van der Waals surface area contributed by atoms with Crippen molar-refractivity contribution >= 4 is 18.4 Å². The molecule has 1 N–H and O–H groups in total. The molecule has 0 saturated carbocycles. The van der Waals surface area contributed by atoms with Crippen LogP contribution < -0.4 is 0 Å². The van der Waals surface area contributed by atoms with Gasteiger partial charge >= 0.3 is 5.97 Å². The number of halogens is 1. The molecule has 1 saturated heterocycles. The van der Waals surface area contributed by atoms with Crippen LogP contribution in [0.5, 0.6) is 0 Å². The molecular formula is C11H22ClNO3. The van der Waals surface area contributed by atoms with Crippen molar-refractivity contribution in [2.24, 2.45) is 5.92 Å². The van der Waals surface area contributed by atoms with Crippen LogP contribution in [0, 0.1) is 5.92 Å². The molecule has 1 atom stereocenters. The van der Waals surface area contributed by atoms with E-state index in [2.05, 4.69) is 13.8 Å². The van der Waals surface area contributed by atoms with Crippen molar-refractivity contribution in [2.45, 2.75) is 32.7 Å². The van der Waals surface area contributed by atoms with Gasteiger partial charge in [-0.2, -0.15) is 0 Å². The summed E-state index contributed by atoms with van der Waals surface area (Å²) in [5.74, 6) is -0.439. The second-order valence-corrected chi connectivity index (χ2v) is 4.01. The molecule has 0 aromatic heterocycles. The van der Waals surface area contributed by atoms with E-state index in [1.54, 1.807) is 0 Å². The summed E-state index contributed by atoms with van der Waals surface area (Å²) in [6.45, 7) is 6.92. The average molecular weight is 252 g/mol. The van der Waals surface area contributed by atoms with Crippen LogP contribution in [0.15, 0.2) is 0 Å². The van der Waals surface area contributed by atoms with Crippen LogP contribution in [0.4, 0.5) is 0 Å². The summed E-state index contributed by atoms with van der Waals surface area (Å²) in [6, 6.07) is -0.330. The fraction of sp³-hybridized carbons (Fsp3) is 0.909. The number of nitrogens with zero attached hydrogens (tertiary/aromatic N) is 1. The zero-order chi connectivity index (χ0) is 11.3. The SMILES string of the molecule is CCC(CC)C(C(=O)O)N1CCOCC1.Cl. The molecule has 0 aromatic carbocycles. The Kier molecular flexibility index (Phi) is 7.72. The fourth-order valence-corrected chi connectivity index (χ4v) is 2.25. The number of carboxylic acids is 1. The van der Waals surface area contributed by atoms with Gasteiger partial charge in [-0.1, -0.05) is 26.7 Å². The molecule has 0 radical (unpaired) electrons. The van der Waals surface area contributed by atoms with Gasteiger partial charge in [-0.25, -0.2) is 0 Å². The van der Waals surface area contributed by atoms with E-state index in [1.165, 1.54) is 0 Å². The number of carboxylic acid groups (broad SMARTS) is 1.